The van der Waals surface area contributed by atoms with Crippen LogP contribution < -0.4 is 9.64 Å². The minimum absolute atomic E-state index is 0.0571. The van der Waals surface area contributed by atoms with Gasteiger partial charge in [-0.2, -0.15) is 0 Å². The predicted octanol–water partition coefficient (Wildman–Crippen LogP) is 3.27. The maximum atomic E-state index is 13.0. The van der Waals surface area contributed by atoms with Gasteiger partial charge in [0.2, 0.25) is 11.7 Å². The Bertz CT molecular complexity index is 945. The Hall–Kier alpha value is -3.09. The molecule has 7 heteroatoms. The zero-order valence-electron chi connectivity index (χ0n) is 17.3. The molecule has 158 valence electrons. The van der Waals surface area contributed by atoms with Gasteiger partial charge in [0.25, 0.3) is 5.91 Å². The minimum atomic E-state index is -0.640. The molecule has 2 aliphatic heterocycles. The number of hydrogen-bond donors (Lipinski definition) is 0. The van der Waals surface area contributed by atoms with Crippen LogP contribution in [-0.4, -0.2) is 48.2 Å². The number of benzene rings is 1. The number of amides is 2. The van der Waals surface area contributed by atoms with Crippen molar-refractivity contribution in [2.45, 2.75) is 39.2 Å². The third-order valence-corrected chi connectivity index (χ3v) is 5.87. The summed E-state index contributed by atoms with van der Waals surface area (Å²) < 4.78 is 11.0. The van der Waals surface area contributed by atoms with Crippen LogP contribution in [0.25, 0.3) is 0 Å². The van der Waals surface area contributed by atoms with Crippen LogP contribution in [0.3, 0.4) is 0 Å². The molecule has 7 nitrogen and oxygen atoms in total. The lowest BCUT2D eigenvalue weighted by atomic mass is 9.99. The van der Waals surface area contributed by atoms with Crippen molar-refractivity contribution in [1.82, 2.24) is 4.90 Å². The Kier molecular flexibility index (Phi) is 5.61. The van der Waals surface area contributed by atoms with Gasteiger partial charge in [0.05, 0.1) is 12.0 Å². The summed E-state index contributed by atoms with van der Waals surface area (Å²) in [6, 6.07) is 8.18. The van der Waals surface area contributed by atoms with Crippen molar-refractivity contribution in [3.63, 3.8) is 0 Å². The van der Waals surface area contributed by atoms with Crippen LogP contribution in [-0.2, 0) is 9.59 Å². The van der Waals surface area contributed by atoms with Crippen LogP contribution in [0.2, 0.25) is 0 Å². The third kappa shape index (κ3) is 3.84. The number of nitrogens with zero attached hydrogens (tertiary/aromatic N) is 2. The van der Waals surface area contributed by atoms with Crippen molar-refractivity contribution in [2.24, 2.45) is 5.92 Å². The summed E-state index contributed by atoms with van der Waals surface area (Å²) in [4.78, 5) is 41.9. The van der Waals surface area contributed by atoms with E-state index < -0.39 is 6.10 Å². The molecule has 0 saturated carbocycles. The van der Waals surface area contributed by atoms with Crippen LogP contribution in [0.5, 0.6) is 5.75 Å². The quantitative estimate of drug-likeness (QED) is 0.707. The molecule has 2 aliphatic rings. The second-order valence-electron chi connectivity index (χ2n) is 7.99. The van der Waals surface area contributed by atoms with Gasteiger partial charge in [0.1, 0.15) is 12.3 Å². The van der Waals surface area contributed by atoms with E-state index in [0.717, 1.165) is 12.8 Å². The van der Waals surface area contributed by atoms with Gasteiger partial charge < -0.3 is 14.1 Å². The summed E-state index contributed by atoms with van der Waals surface area (Å²) in [7, 11) is 0. The zero-order valence-corrected chi connectivity index (χ0v) is 17.3. The highest BCUT2D eigenvalue weighted by molar-refractivity contribution is 6.10. The summed E-state index contributed by atoms with van der Waals surface area (Å²) in [5.74, 6) is 0.697. The summed E-state index contributed by atoms with van der Waals surface area (Å²) in [5.41, 5.74) is 0.820. The summed E-state index contributed by atoms with van der Waals surface area (Å²) >= 11 is 0. The SMILES string of the molecule is CC[C@@H]1Oc2ccc(C(=O)c3ccco3)cc2N(CC(=O)N2CCC(C)CC2)C1=O. The molecule has 1 atom stereocenters. The van der Waals surface area contributed by atoms with Crippen molar-refractivity contribution < 1.29 is 23.5 Å². The van der Waals surface area contributed by atoms with E-state index in [9.17, 15) is 14.4 Å². The third-order valence-electron chi connectivity index (χ3n) is 5.87. The number of carbonyl (C=O) groups excluding carboxylic acids is 3. The zero-order chi connectivity index (χ0) is 21.3. The minimum Gasteiger partial charge on any atom is -0.478 e. The number of hydrogen-bond acceptors (Lipinski definition) is 5. The number of rotatable bonds is 5. The van der Waals surface area contributed by atoms with Crippen molar-refractivity contribution in [3.8, 4) is 5.75 Å². The molecule has 3 heterocycles. The van der Waals surface area contributed by atoms with Gasteiger partial charge in [-0.15, -0.1) is 0 Å². The van der Waals surface area contributed by atoms with Gasteiger partial charge in [-0.25, -0.2) is 0 Å². The fourth-order valence-corrected chi connectivity index (χ4v) is 3.93. The highest BCUT2D eigenvalue weighted by atomic mass is 16.5. The number of carbonyl (C=O) groups is 3. The summed E-state index contributed by atoms with van der Waals surface area (Å²) in [6.45, 7) is 5.42. The van der Waals surface area contributed by atoms with E-state index in [1.54, 1.807) is 30.3 Å². The van der Waals surface area contributed by atoms with Crippen molar-refractivity contribution >= 4 is 23.3 Å². The molecule has 1 saturated heterocycles. The van der Waals surface area contributed by atoms with Gasteiger partial charge in [-0.05, 0) is 55.5 Å². The van der Waals surface area contributed by atoms with Gasteiger partial charge in [-0.1, -0.05) is 13.8 Å². The largest absolute Gasteiger partial charge is 0.478 e. The predicted molar refractivity (Wildman–Crippen MR) is 111 cm³/mol. The van der Waals surface area contributed by atoms with Crippen LogP contribution in [0.1, 0.15) is 49.2 Å². The molecule has 2 amide bonds. The molecule has 0 N–H and O–H groups in total. The standard InChI is InChI=1S/C23H26N2O5/c1-3-18-23(28)25(14-21(26)24-10-8-15(2)9-11-24)17-13-16(6-7-19(17)30-18)22(27)20-5-4-12-29-20/h4-7,12-13,15,18H,3,8-11,14H2,1-2H3/t18-/m0/s1. The van der Waals surface area contributed by atoms with Crippen LogP contribution in [0.15, 0.2) is 41.0 Å². The lowest BCUT2D eigenvalue weighted by molar-refractivity contribution is -0.134. The molecule has 0 bridgehead atoms. The molecule has 1 aromatic carbocycles. The van der Waals surface area contributed by atoms with E-state index in [-0.39, 0.29) is 29.9 Å². The Balaban J connectivity index is 1.62. The van der Waals surface area contributed by atoms with Gasteiger partial charge in [-0.3, -0.25) is 19.3 Å². The fourth-order valence-electron chi connectivity index (χ4n) is 3.93. The average molecular weight is 410 g/mol. The smallest absolute Gasteiger partial charge is 0.268 e. The second kappa shape index (κ2) is 8.34. The van der Waals surface area contributed by atoms with Gasteiger partial charge >= 0.3 is 0 Å². The summed E-state index contributed by atoms with van der Waals surface area (Å²) in [5, 5.41) is 0. The summed E-state index contributed by atoms with van der Waals surface area (Å²) in [6.07, 6.45) is 3.24. The number of furan rings is 1. The van der Waals surface area contributed by atoms with Gasteiger partial charge in [0, 0.05) is 18.7 Å². The fraction of sp³-hybridized carbons (Fsp3) is 0.435. The first-order chi connectivity index (χ1) is 14.5. The van der Waals surface area contributed by atoms with E-state index in [4.69, 9.17) is 9.15 Å². The normalized spacial score (nSPS) is 19.4. The Morgan fingerprint density at radius 1 is 1.17 bits per heavy atom. The van der Waals surface area contributed by atoms with Crippen molar-refractivity contribution in [3.05, 3.63) is 47.9 Å². The number of fused-ring (bicyclic) bond motifs is 1. The molecule has 0 unspecified atom stereocenters. The molecule has 0 spiro atoms. The molecule has 1 fully saturated rings. The molecular weight excluding hydrogens is 384 g/mol. The van der Waals surface area contributed by atoms with Crippen molar-refractivity contribution in [1.29, 1.82) is 0 Å². The van der Waals surface area contributed by atoms with Crippen LogP contribution in [0.4, 0.5) is 5.69 Å². The van der Waals surface area contributed by atoms with Crippen molar-refractivity contribution in [2.75, 3.05) is 24.5 Å². The van der Waals surface area contributed by atoms with E-state index in [1.807, 2.05) is 11.8 Å². The van der Waals surface area contributed by atoms with Crippen LogP contribution >= 0.6 is 0 Å². The first-order valence-corrected chi connectivity index (χ1v) is 10.5. The first-order valence-electron chi connectivity index (χ1n) is 10.5. The number of ketones is 1. The molecule has 1 aromatic heterocycles. The monoisotopic (exact) mass is 410 g/mol. The van der Waals surface area contributed by atoms with E-state index in [2.05, 4.69) is 6.92 Å². The average Bonchev–Trinajstić information content (AvgIpc) is 3.30. The van der Waals surface area contributed by atoms with E-state index in [1.165, 1.54) is 11.2 Å². The maximum Gasteiger partial charge on any atom is 0.268 e. The topological polar surface area (TPSA) is 80.1 Å². The van der Waals surface area contributed by atoms with Gasteiger partial charge in [0.15, 0.2) is 11.9 Å². The number of piperidine rings is 1. The lowest BCUT2D eigenvalue weighted by Gasteiger charge is -2.36. The Labute approximate surface area is 175 Å². The Morgan fingerprint density at radius 2 is 1.93 bits per heavy atom. The lowest BCUT2D eigenvalue weighted by Crippen LogP contribution is -2.51. The highest BCUT2D eigenvalue weighted by Gasteiger charge is 2.36. The number of ether oxygens (including phenoxy) is 1. The first kappa shape index (κ1) is 20.2. The number of anilines is 1. The number of likely N-dealkylation sites (tertiary alicyclic amines) is 1. The molecule has 2 aromatic rings. The molecule has 30 heavy (non-hydrogen) atoms. The molecule has 0 radical (unpaired) electrons. The molecule has 4 rings (SSSR count). The van der Waals surface area contributed by atoms with E-state index >= 15 is 0 Å². The molecule has 0 aliphatic carbocycles. The maximum absolute atomic E-state index is 13.0. The van der Waals surface area contributed by atoms with E-state index in [0.29, 0.717) is 42.4 Å². The molecular formula is C23H26N2O5. The second-order valence-corrected chi connectivity index (χ2v) is 7.99. The highest BCUT2D eigenvalue weighted by Crippen LogP contribution is 2.36. The Morgan fingerprint density at radius 3 is 2.60 bits per heavy atom. The van der Waals surface area contributed by atoms with Crippen LogP contribution in [0, 0.1) is 5.92 Å².